The summed E-state index contributed by atoms with van der Waals surface area (Å²) in [6, 6.07) is 6.00. The SMILES string of the molecule is N#CC1=C(N2CC[C@@H](n3cncn3)C2)c2ncccc2CC1=O. The van der Waals surface area contributed by atoms with Gasteiger partial charge in [0.25, 0.3) is 0 Å². The molecule has 2 aliphatic rings. The van der Waals surface area contributed by atoms with E-state index in [0.717, 1.165) is 24.2 Å². The highest BCUT2D eigenvalue weighted by molar-refractivity contribution is 6.09. The van der Waals surface area contributed by atoms with Crippen molar-refractivity contribution < 1.29 is 4.79 Å². The van der Waals surface area contributed by atoms with Gasteiger partial charge >= 0.3 is 0 Å². The Bertz CT molecular complexity index is 833. The lowest BCUT2D eigenvalue weighted by atomic mass is 9.92. The Hall–Kier alpha value is -3.01. The van der Waals surface area contributed by atoms with E-state index in [4.69, 9.17) is 0 Å². The second kappa shape index (κ2) is 5.32. The summed E-state index contributed by atoms with van der Waals surface area (Å²) < 4.78 is 1.83. The Morgan fingerprint density at radius 1 is 1.39 bits per heavy atom. The molecule has 1 aliphatic carbocycles. The van der Waals surface area contributed by atoms with Crippen molar-refractivity contribution in [2.75, 3.05) is 13.1 Å². The van der Waals surface area contributed by atoms with Crippen molar-refractivity contribution in [3.8, 4) is 6.07 Å². The van der Waals surface area contributed by atoms with Crippen molar-refractivity contribution in [1.29, 1.82) is 5.26 Å². The summed E-state index contributed by atoms with van der Waals surface area (Å²) in [5.74, 6) is -0.132. The first kappa shape index (κ1) is 13.6. The van der Waals surface area contributed by atoms with Crippen LogP contribution >= 0.6 is 0 Å². The van der Waals surface area contributed by atoms with Gasteiger partial charge in [0.2, 0.25) is 0 Å². The van der Waals surface area contributed by atoms with Crippen LogP contribution in [0.3, 0.4) is 0 Å². The monoisotopic (exact) mass is 306 g/mol. The largest absolute Gasteiger partial charge is 0.366 e. The van der Waals surface area contributed by atoms with Gasteiger partial charge in [0.05, 0.1) is 17.4 Å². The number of ketones is 1. The number of rotatable bonds is 2. The van der Waals surface area contributed by atoms with E-state index >= 15 is 0 Å². The van der Waals surface area contributed by atoms with Gasteiger partial charge in [-0.15, -0.1) is 0 Å². The number of Topliss-reactive ketones (excluding diaryl/α,β-unsaturated/α-hetero) is 1. The van der Waals surface area contributed by atoms with E-state index in [-0.39, 0.29) is 23.8 Å². The third-order valence-corrected chi connectivity index (χ3v) is 4.38. The molecule has 0 spiro atoms. The molecule has 0 bridgehead atoms. The Balaban J connectivity index is 1.74. The van der Waals surface area contributed by atoms with Crippen LogP contribution in [0.25, 0.3) is 5.70 Å². The van der Waals surface area contributed by atoms with Crippen LogP contribution in [-0.4, -0.2) is 43.5 Å². The fraction of sp³-hybridized carbons (Fsp3) is 0.312. The Kier molecular flexibility index (Phi) is 3.15. The summed E-state index contributed by atoms with van der Waals surface area (Å²) in [6.07, 6.45) is 6.06. The van der Waals surface area contributed by atoms with Crippen LogP contribution in [0, 0.1) is 11.3 Å². The van der Waals surface area contributed by atoms with Crippen molar-refractivity contribution in [3.05, 3.63) is 47.8 Å². The molecule has 3 heterocycles. The molecule has 2 aromatic heterocycles. The predicted octanol–water partition coefficient (Wildman–Crippen LogP) is 0.980. The number of hydrogen-bond acceptors (Lipinski definition) is 6. The van der Waals surface area contributed by atoms with Crippen molar-refractivity contribution in [3.63, 3.8) is 0 Å². The normalized spacial score (nSPS) is 20.6. The van der Waals surface area contributed by atoms with Gasteiger partial charge < -0.3 is 4.90 Å². The highest BCUT2D eigenvalue weighted by Gasteiger charge is 2.34. The lowest BCUT2D eigenvalue weighted by Gasteiger charge is -2.27. The average Bonchev–Trinajstić information content (AvgIpc) is 3.24. The topological polar surface area (TPSA) is 87.7 Å². The molecule has 0 aromatic carbocycles. The van der Waals surface area contributed by atoms with Gasteiger partial charge in [-0.25, -0.2) is 9.67 Å². The zero-order chi connectivity index (χ0) is 15.8. The van der Waals surface area contributed by atoms with Crippen LogP contribution in [0.15, 0.2) is 36.6 Å². The van der Waals surface area contributed by atoms with Crippen LogP contribution in [0.1, 0.15) is 23.7 Å². The van der Waals surface area contributed by atoms with Crippen molar-refractivity contribution in [2.24, 2.45) is 0 Å². The maximum Gasteiger partial charge on any atom is 0.180 e. The molecule has 0 amide bonds. The molecule has 7 nitrogen and oxygen atoms in total. The van der Waals surface area contributed by atoms with Gasteiger partial charge in [0.1, 0.15) is 24.3 Å². The Labute approximate surface area is 132 Å². The first-order chi connectivity index (χ1) is 11.3. The molecule has 114 valence electrons. The third-order valence-electron chi connectivity index (χ3n) is 4.38. The second-order valence-corrected chi connectivity index (χ2v) is 5.71. The lowest BCUT2D eigenvalue weighted by molar-refractivity contribution is -0.114. The zero-order valence-electron chi connectivity index (χ0n) is 12.4. The standard InChI is InChI=1S/C16H14N6O/c17-7-13-14(23)6-11-2-1-4-19-15(11)16(13)21-5-3-12(8-21)22-10-18-9-20-22/h1-2,4,9-10,12H,3,5-6,8H2/t12-/m1/s1. The summed E-state index contributed by atoms with van der Waals surface area (Å²) in [6.45, 7) is 1.45. The minimum absolute atomic E-state index is 0.132. The molecular formula is C16H14N6O. The summed E-state index contributed by atoms with van der Waals surface area (Å²) in [5.41, 5.74) is 2.52. The maximum absolute atomic E-state index is 12.3. The van der Waals surface area contributed by atoms with Crippen LogP contribution in [0.2, 0.25) is 0 Å². The quantitative estimate of drug-likeness (QED) is 0.822. The van der Waals surface area contributed by atoms with E-state index in [1.165, 1.54) is 6.33 Å². The number of carbonyl (C=O) groups excluding carboxylic acids is 1. The third kappa shape index (κ3) is 2.19. The molecule has 1 atom stereocenters. The number of hydrogen-bond donors (Lipinski definition) is 0. The first-order valence-corrected chi connectivity index (χ1v) is 7.49. The zero-order valence-corrected chi connectivity index (χ0v) is 12.4. The lowest BCUT2D eigenvalue weighted by Crippen LogP contribution is -2.28. The van der Waals surface area contributed by atoms with E-state index in [0.29, 0.717) is 12.2 Å². The van der Waals surface area contributed by atoms with Crippen molar-refractivity contribution in [1.82, 2.24) is 24.6 Å². The van der Waals surface area contributed by atoms with Gasteiger partial charge in [0, 0.05) is 25.7 Å². The molecule has 1 saturated heterocycles. The smallest absolute Gasteiger partial charge is 0.180 e. The Morgan fingerprint density at radius 3 is 3.09 bits per heavy atom. The number of pyridine rings is 1. The molecular weight excluding hydrogens is 292 g/mol. The highest BCUT2D eigenvalue weighted by atomic mass is 16.1. The van der Waals surface area contributed by atoms with E-state index in [1.807, 2.05) is 16.8 Å². The molecule has 0 unspecified atom stereocenters. The Morgan fingerprint density at radius 2 is 2.30 bits per heavy atom. The number of allylic oxidation sites excluding steroid dienone is 1. The van der Waals surface area contributed by atoms with E-state index < -0.39 is 0 Å². The van der Waals surface area contributed by atoms with E-state index in [9.17, 15) is 10.1 Å². The molecule has 4 rings (SSSR count). The highest BCUT2D eigenvalue weighted by Crippen LogP contribution is 2.34. The second-order valence-electron chi connectivity index (χ2n) is 5.71. The minimum Gasteiger partial charge on any atom is -0.366 e. The van der Waals surface area contributed by atoms with Gasteiger partial charge in [0.15, 0.2) is 5.78 Å². The molecule has 0 N–H and O–H groups in total. The van der Waals surface area contributed by atoms with E-state index in [1.54, 1.807) is 12.5 Å². The van der Waals surface area contributed by atoms with Gasteiger partial charge in [-0.2, -0.15) is 10.4 Å². The van der Waals surface area contributed by atoms with Gasteiger partial charge in [-0.1, -0.05) is 6.07 Å². The summed E-state index contributed by atoms with van der Waals surface area (Å²) in [7, 11) is 0. The van der Waals surface area contributed by atoms with Gasteiger partial charge in [-0.05, 0) is 18.1 Å². The number of carbonyl (C=O) groups is 1. The predicted molar refractivity (Wildman–Crippen MR) is 80.7 cm³/mol. The molecule has 2 aromatic rings. The van der Waals surface area contributed by atoms with Gasteiger partial charge in [-0.3, -0.25) is 9.78 Å². The van der Waals surface area contributed by atoms with Crippen molar-refractivity contribution >= 4 is 11.5 Å². The molecule has 0 radical (unpaired) electrons. The fourth-order valence-electron chi connectivity index (χ4n) is 3.30. The van der Waals surface area contributed by atoms with Crippen LogP contribution < -0.4 is 0 Å². The van der Waals surface area contributed by atoms with Crippen LogP contribution in [0.4, 0.5) is 0 Å². The summed E-state index contributed by atoms with van der Waals surface area (Å²) >= 11 is 0. The number of aromatic nitrogens is 4. The van der Waals surface area contributed by atoms with E-state index in [2.05, 4.69) is 26.0 Å². The fourth-order valence-corrected chi connectivity index (χ4v) is 3.30. The maximum atomic E-state index is 12.3. The molecule has 7 heteroatoms. The summed E-state index contributed by atoms with van der Waals surface area (Å²) in [5, 5.41) is 13.6. The number of nitrogens with zero attached hydrogens (tertiary/aromatic N) is 6. The molecule has 1 fully saturated rings. The summed E-state index contributed by atoms with van der Waals surface area (Å²) in [4.78, 5) is 22.8. The molecule has 0 saturated carbocycles. The first-order valence-electron chi connectivity index (χ1n) is 7.49. The van der Waals surface area contributed by atoms with Crippen molar-refractivity contribution in [2.45, 2.75) is 18.9 Å². The number of nitriles is 1. The van der Waals surface area contributed by atoms with Crippen LogP contribution in [-0.2, 0) is 11.2 Å². The minimum atomic E-state index is -0.132. The number of fused-ring (bicyclic) bond motifs is 1. The molecule has 1 aliphatic heterocycles. The molecule has 23 heavy (non-hydrogen) atoms. The van der Waals surface area contributed by atoms with Crippen LogP contribution in [0.5, 0.6) is 0 Å². The average molecular weight is 306 g/mol. The number of likely N-dealkylation sites (tertiary alicyclic amines) is 1.